The summed E-state index contributed by atoms with van der Waals surface area (Å²) in [4.78, 5) is 33.1. The number of carboxylic acids is 1. The van der Waals surface area contributed by atoms with Crippen molar-refractivity contribution >= 4 is 17.8 Å². The smallest absolute Gasteiger partial charge is 0.403 e. The maximum atomic E-state index is 12.3. The predicted molar refractivity (Wildman–Crippen MR) is 46.8 cm³/mol. The minimum Gasteiger partial charge on any atom is -0.481 e. The van der Waals surface area contributed by atoms with E-state index in [1.165, 1.54) is 0 Å². The first-order chi connectivity index (χ1) is 7.70. The number of nitrogens with zero attached hydrogens (tertiary/aromatic N) is 1. The molecule has 0 saturated carbocycles. The number of nitrogens with one attached hydrogen (secondary N) is 1. The van der Waals surface area contributed by atoms with Crippen LogP contribution >= 0.6 is 0 Å². The van der Waals surface area contributed by atoms with E-state index in [2.05, 4.69) is 0 Å². The molecule has 9 heteroatoms. The highest BCUT2D eigenvalue weighted by Gasteiger charge is 2.46. The Kier molecular flexibility index (Phi) is 3.71. The maximum Gasteiger partial charge on any atom is 0.403 e. The van der Waals surface area contributed by atoms with Gasteiger partial charge in [-0.2, -0.15) is 13.2 Å². The monoisotopic (exact) mass is 254 g/mol. The number of piperazine rings is 1. The molecule has 1 rings (SSSR count). The molecule has 1 heterocycles. The fourth-order valence-electron chi connectivity index (χ4n) is 1.41. The Morgan fingerprint density at radius 3 is 2.18 bits per heavy atom. The predicted octanol–water partition coefficient (Wildman–Crippen LogP) is -0.792. The van der Waals surface area contributed by atoms with E-state index in [1.807, 2.05) is 5.32 Å². The van der Waals surface area contributed by atoms with Crippen molar-refractivity contribution < 1.29 is 32.7 Å². The summed E-state index contributed by atoms with van der Waals surface area (Å²) in [6, 6.07) is 0. The molecule has 96 valence electrons. The number of aliphatic carboxylic acids is 1. The quantitative estimate of drug-likeness (QED) is 0.644. The summed E-state index contributed by atoms with van der Waals surface area (Å²) < 4.78 is 37.0. The van der Waals surface area contributed by atoms with Gasteiger partial charge in [-0.1, -0.05) is 0 Å². The summed E-state index contributed by atoms with van der Waals surface area (Å²) in [5.41, 5.74) is 0. The van der Waals surface area contributed by atoms with Crippen LogP contribution in [0.2, 0.25) is 0 Å². The molecule has 1 saturated heterocycles. The fourth-order valence-corrected chi connectivity index (χ4v) is 1.41. The standard InChI is InChI=1S/C8H9F3N2O4/c9-8(10,11)4(7(16)17)1-13-2-5(14)12-6(15)3-13/h4H,1-3H2,(H,16,17)(H,12,14,15). The Morgan fingerprint density at radius 2 is 1.82 bits per heavy atom. The number of rotatable bonds is 3. The summed E-state index contributed by atoms with van der Waals surface area (Å²) in [6.07, 6.45) is -4.91. The summed E-state index contributed by atoms with van der Waals surface area (Å²) in [5.74, 6) is -6.13. The van der Waals surface area contributed by atoms with Crippen LogP contribution in [0, 0.1) is 5.92 Å². The molecule has 0 aliphatic carbocycles. The Balaban J connectivity index is 2.71. The van der Waals surface area contributed by atoms with Gasteiger partial charge in [-0.05, 0) is 0 Å². The summed E-state index contributed by atoms with van der Waals surface area (Å²) in [6.45, 7) is -1.77. The van der Waals surface area contributed by atoms with E-state index in [1.54, 1.807) is 0 Å². The zero-order valence-corrected chi connectivity index (χ0v) is 8.45. The van der Waals surface area contributed by atoms with Crippen molar-refractivity contribution in [2.45, 2.75) is 6.18 Å². The molecule has 0 aromatic heterocycles. The maximum absolute atomic E-state index is 12.3. The Morgan fingerprint density at radius 1 is 1.35 bits per heavy atom. The highest BCUT2D eigenvalue weighted by atomic mass is 19.4. The molecule has 0 spiro atoms. The lowest BCUT2D eigenvalue weighted by Gasteiger charge is -2.28. The summed E-state index contributed by atoms with van der Waals surface area (Å²) in [7, 11) is 0. The third-order valence-corrected chi connectivity index (χ3v) is 2.15. The Hall–Kier alpha value is -1.64. The van der Waals surface area contributed by atoms with E-state index < -0.39 is 49.5 Å². The van der Waals surface area contributed by atoms with E-state index >= 15 is 0 Å². The molecule has 1 atom stereocenters. The van der Waals surface area contributed by atoms with Crippen LogP contribution in [-0.4, -0.2) is 53.6 Å². The van der Waals surface area contributed by atoms with Crippen LogP contribution in [0.5, 0.6) is 0 Å². The minimum atomic E-state index is -4.91. The van der Waals surface area contributed by atoms with Gasteiger partial charge in [0.2, 0.25) is 11.8 Å². The molecule has 0 aromatic carbocycles. The third-order valence-electron chi connectivity index (χ3n) is 2.15. The number of hydrogen-bond acceptors (Lipinski definition) is 4. The van der Waals surface area contributed by atoms with Gasteiger partial charge in [0.25, 0.3) is 0 Å². The van der Waals surface area contributed by atoms with E-state index in [9.17, 15) is 27.6 Å². The first kappa shape index (κ1) is 13.4. The van der Waals surface area contributed by atoms with Crippen LogP contribution < -0.4 is 5.32 Å². The second-order valence-electron chi connectivity index (χ2n) is 3.57. The Labute approximate surface area is 93.4 Å². The van der Waals surface area contributed by atoms with E-state index in [-0.39, 0.29) is 0 Å². The molecule has 1 unspecified atom stereocenters. The van der Waals surface area contributed by atoms with Crippen molar-refractivity contribution in [3.8, 4) is 0 Å². The summed E-state index contributed by atoms with van der Waals surface area (Å²) >= 11 is 0. The second kappa shape index (κ2) is 4.70. The zero-order valence-electron chi connectivity index (χ0n) is 8.45. The van der Waals surface area contributed by atoms with E-state index in [0.29, 0.717) is 0 Å². The SMILES string of the molecule is O=C1CN(CC(C(=O)O)C(F)(F)F)CC(=O)N1. The van der Waals surface area contributed by atoms with Gasteiger partial charge in [0.1, 0.15) is 0 Å². The van der Waals surface area contributed by atoms with Crippen LogP contribution in [0.25, 0.3) is 0 Å². The third kappa shape index (κ3) is 3.70. The number of amides is 2. The first-order valence-corrected chi connectivity index (χ1v) is 4.54. The van der Waals surface area contributed by atoms with Crippen molar-refractivity contribution in [2.75, 3.05) is 19.6 Å². The van der Waals surface area contributed by atoms with Gasteiger partial charge in [0, 0.05) is 6.54 Å². The molecule has 0 radical (unpaired) electrons. The molecular formula is C8H9F3N2O4. The number of alkyl halides is 3. The van der Waals surface area contributed by atoms with Crippen LogP contribution in [0.3, 0.4) is 0 Å². The van der Waals surface area contributed by atoms with Gasteiger partial charge >= 0.3 is 12.1 Å². The van der Waals surface area contributed by atoms with E-state index in [4.69, 9.17) is 5.11 Å². The molecule has 1 fully saturated rings. The molecule has 17 heavy (non-hydrogen) atoms. The van der Waals surface area contributed by atoms with Crippen molar-refractivity contribution in [3.05, 3.63) is 0 Å². The zero-order chi connectivity index (χ0) is 13.2. The van der Waals surface area contributed by atoms with Crippen molar-refractivity contribution in [1.82, 2.24) is 10.2 Å². The number of carbonyl (C=O) groups excluding carboxylic acids is 2. The van der Waals surface area contributed by atoms with Gasteiger partial charge in [-0.25, -0.2) is 0 Å². The van der Waals surface area contributed by atoms with Crippen LogP contribution in [-0.2, 0) is 14.4 Å². The number of hydrogen-bond donors (Lipinski definition) is 2. The average molecular weight is 254 g/mol. The second-order valence-corrected chi connectivity index (χ2v) is 3.57. The van der Waals surface area contributed by atoms with Gasteiger partial charge < -0.3 is 5.11 Å². The lowest BCUT2D eigenvalue weighted by Crippen LogP contribution is -2.54. The largest absolute Gasteiger partial charge is 0.481 e. The van der Waals surface area contributed by atoms with Crippen LogP contribution in [0.15, 0.2) is 0 Å². The van der Waals surface area contributed by atoms with Gasteiger partial charge in [0.15, 0.2) is 5.92 Å². The first-order valence-electron chi connectivity index (χ1n) is 4.54. The van der Waals surface area contributed by atoms with Crippen molar-refractivity contribution in [3.63, 3.8) is 0 Å². The average Bonchev–Trinajstić information content (AvgIpc) is 2.10. The normalized spacial score (nSPS) is 19.9. The van der Waals surface area contributed by atoms with E-state index in [0.717, 1.165) is 4.90 Å². The molecule has 1 aliphatic heterocycles. The number of imide groups is 1. The molecular weight excluding hydrogens is 245 g/mol. The molecule has 1 aliphatic rings. The number of carbonyl (C=O) groups is 3. The molecule has 6 nitrogen and oxygen atoms in total. The van der Waals surface area contributed by atoms with Gasteiger partial charge in [-0.3, -0.25) is 24.6 Å². The molecule has 2 amide bonds. The topological polar surface area (TPSA) is 86.7 Å². The highest BCUT2D eigenvalue weighted by molar-refractivity contribution is 5.99. The van der Waals surface area contributed by atoms with Crippen LogP contribution in [0.4, 0.5) is 13.2 Å². The number of carboxylic acid groups (broad SMARTS) is 1. The molecule has 0 bridgehead atoms. The van der Waals surface area contributed by atoms with Gasteiger partial charge in [0.05, 0.1) is 13.1 Å². The van der Waals surface area contributed by atoms with Crippen molar-refractivity contribution in [2.24, 2.45) is 5.92 Å². The van der Waals surface area contributed by atoms with Crippen molar-refractivity contribution in [1.29, 1.82) is 0 Å². The lowest BCUT2D eigenvalue weighted by molar-refractivity contribution is -0.197. The molecule has 2 N–H and O–H groups in total. The lowest BCUT2D eigenvalue weighted by atomic mass is 10.1. The minimum absolute atomic E-state index is 0.425. The Bertz CT molecular complexity index is 339. The molecule has 0 aromatic rings. The fraction of sp³-hybridized carbons (Fsp3) is 0.625. The number of halogens is 3. The van der Waals surface area contributed by atoms with Crippen LogP contribution in [0.1, 0.15) is 0 Å². The highest BCUT2D eigenvalue weighted by Crippen LogP contribution is 2.27. The summed E-state index contributed by atoms with van der Waals surface area (Å²) in [5, 5.41) is 10.3. The van der Waals surface area contributed by atoms with Gasteiger partial charge in [-0.15, -0.1) is 0 Å².